The molecule has 0 spiro atoms. The van der Waals surface area contributed by atoms with Crippen LogP contribution in [0.5, 0.6) is 5.75 Å². The van der Waals surface area contributed by atoms with Crippen LogP contribution in [0.1, 0.15) is 13.3 Å². The Hall–Kier alpha value is -1.32. The molecule has 1 aromatic carbocycles. The highest BCUT2D eigenvalue weighted by atomic mass is 32.2. The fraction of sp³-hybridized carbons (Fsp3) is 0.500. The van der Waals surface area contributed by atoms with Gasteiger partial charge in [-0.05, 0) is 24.6 Å². The summed E-state index contributed by atoms with van der Waals surface area (Å²) >= 11 is 0. The number of sulfonamides is 1. The van der Waals surface area contributed by atoms with E-state index in [-0.39, 0.29) is 34.4 Å². The standard InChI is InChI=1S/C12H18N2O5S2/c1-2-14(9-5-6-20(16,17)8-9)21(18,19)10-3-4-12(15)11(13)7-10/h3-4,7,9,15H,2,5-6,8,13H2,1H3. The second-order valence-electron chi connectivity index (χ2n) is 4.99. The fourth-order valence-corrected chi connectivity index (χ4v) is 5.98. The van der Waals surface area contributed by atoms with Crippen LogP contribution in [0.15, 0.2) is 23.1 Å². The highest BCUT2D eigenvalue weighted by molar-refractivity contribution is 7.92. The Kier molecular flexibility index (Phi) is 4.18. The molecule has 1 atom stereocenters. The van der Waals surface area contributed by atoms with E-state index >= 15 is 0 Å². The van der Waals surface area contributed by atoms with Crippen LogP contribution < -0.4 is 5.73 Å². The zero-order chi connectivity index (χ0) is 15.8. The van der Waals surface area contributed by atoms with Gasteiger partial charge in [0.2, 0.25) is 10.0 Å². The topological polar surface area (TPSA) is 118 Å². The Bertz CT molecular complexity index is 743. The number of aromatic hydroxyl groups is 1. The van der Waals surface area contributed by atoms with Crippen LogP contribution >= 0.6 is 0 Å². The number of nitrogens with zero attached hydrogens (tertiary/aromatic N) is 1. The SMILES string of the molecule is CCN(C1CCS(=O)(=O)C1)S(=O)(=O)c1ccc(O)c(N)c1. The molecule has 21 heavy (non-hydrogen) atoms. The molecule has 3 N–H and O–H groups in total. The molecule has 9 heteroatoms. The summed E-state index contributed by atoms with van der Waals surface area (Å²) in [7, 11) is -7.02. The minimum Gasteiger partial charge on any atom is -0.506 e. The summed E-state index contributed by atoms with van der Waals surface area (Å²) in [5.74, 6) is -0.352. The molecule has 0 aliphatic carbocycles. The molecule has 1 saturated heterocycles. The fourth-order valence-electron chi connectivity index (χ4n) is 2.46. The van der Waals surface area contributed by atoms with Gasteiger partial charge >= 0.3 is 0 Å². The highest BCUT2D eigenvalue weighted by Gasteiger charge is 2.38. The summed E-state index contributed by atoms with van der Waals surface area (Å²) in [5.41, 5.74) is 5.49. The normalized spacial score (nSPS) is 21.7. The molecule has 0 radical (unpaired) electrons. The van der Waals surface area contributed by atoms with Gasteiger partial charge in [0.05, 0.1) is 22.1 Å². The molecule has 0 aromatic heterocycles. The van der Waals surface area contributed by atoms with Gasteiger partial charge in [0.25, 0.3) is 0 Å². The van der Waals surface area contributed by atoms with Crippen LogP contribution in [0.2, 0.25) is 0 Å². The second-order valence-corrected chi connectivity index (χ2v) is 9.11. The Morgan fingerprint density at radius 1 is 1.43 bits per heavy atom. The van der Waals surface area contributed by atoms with E-state index in [1.807, 2.05) is 0 Å². The van der Waals surface area contributed by atoms with Gasteiger partial charge in [0, 0.05) is 12.6 Å². The van der Waals surface area contributed by atoms with Crippen molar-refractivity contribution in [2.75, 3.05) is 23.8 Å². The number of hydrogen-bond acceptors (Lipinski definition) is 6. The van der Waals surface area contributed by atoms with E-state index in [1.54, 1.807) is 6.92 Å². The summed E-state index contributed by atoms with van der Waals surface area (Å²) in [6, 6.07) is 3.09. The molecule has 1 unspecified atom stereocenters. The number of anilines is 1. The van der Waals surface area contributed by atoms with Crippen molar-refractivity contribution in [3.05, 3.63) is 18.2 Å². The first-order chi connectivity index (χ1) is 9.67. The van der Waals surface area contributed by atoms with E-state index in [9.17, 15) is 21.9 Å². The third kappa shape index (κ3) is 3.14. The molecular weight excluding hydrogens is 316 g/mol. The number of rotatable bonds is 4. The minimum absolute atomic E-state index is 0.00139. The lowest BCUT2D eigenvalue weighted by Crippen LogP contribution is -2.40. The predicted octanol–water partition coefficient (Wildman–Crippen LogP) is 0.172. The number of nitrogen functional groups attached to an aromatic ring is 1. The van der Waals surface area contributed by atoms with E-state index in [0.29, 0.717) is 6.42 Å². The van der Waals surface area contributed by atoms with Crippen LogP contribution in [0.4, 0.5) is 5.69 Å². The van der Waals surface area contributed by atoms with Crippen molar-refractivity contribution < 1.29 is 21.9 Å². The van der Waals surface area contributed by atoms with E-state index < -0.39 is 25.9 Å². The molecule has 1 aromatic rings. The Balaban J connectivity index is 2.38. The number of nitrogens with two attached hydrogens (primary N) is 1. The van der Waals surface area contributed by atoms with Crippen molar-refractivity contribution in [3.63, 3.8) is 0 Å². The average molecular weight is 334 g/mol. The average Bonchev–Trinajstić information content (AvgIpc) is 2.73. The Morgan fingerprint density at radius 3 is 2.57 bits per heavy atom. The maximum absolute atomic E-state index is 12.6. The first-order valence-electron chi connectivity index (χ1n) is 6.48. The lowest BCUT2D eigenvalue weighted by atomic mass is 10.3. The van der Waals surface area contributed by atoms with Gasteiger partial charge in [0.1, 0.15) is 5.75 Å². The summed E-state index contributed by atoms with van der Waals surface area (Å²) in [6.45, 7) is 1.83. The monoisotopic (exact) mass is 334 g/mol. The van der Waals surface area contributed by atoms with Gasteiger partial charge in [-0.1, -0.05) is 6.92 Å². The van der Waals surface area contributed by atoms with Crippen molar-refractivity contribution in [2.24, 2.45) is 0 Å². The van der Waals surface area contributed by atoms with Gasteiger partial charge in [0.15, 0.2) is 9.84 Å². The quantitative estimate of drug-likeness (QED) is 0.599. The second kappa shape index (κ2) is 5.47. The van der Waals surface area contributed by atoms with Crippen LogP contribution in [-0.4, -0.2) is 50.3 Å². The lowest BCUT2D eigenvalue weighted by Gasteiger charge is -2.26. The van der Waals surface area contributed by atoms with Gasteiger partial charge < -0.3 is 10.8 Å². The molecule has 0 bridgehead atoms. The molecule has 7 nitrogen and oxygen atoms in total. The van der Waals surface area contributed by atoms with Crippen LogP contribution in [-0.2, 0) is 19.9 Å². The van der Waals surface area contributed by atoms with Gasteiger partial charge in [-0.2, -0.15) is 4.31 Å². The van der Waals surface area contributed by atoms with Crippen LogP contribution in [0.25, 0.3) is 0 Å². The van der Waals surface area contributed by atoms with Crippen molar-refractivity contribution in [1.29, 1.82) is 0 Å². The maximum Gasteiger partial charge on any atom is 0.243 e. The zero-order valence-corrected chi connectivity index (χ0v) is 13.2. The molecular formula is C12H18N2O5S2. The third-order valence-corrected chi connectivity index (χ3v) is 7.31. The van der Waals surface area contributed by atoms with Crippen molar-refractivity contribution in [1.82, 2.24) is 4.31 Å². The first kappa shape index (κ1) is 16.1. The zero-order valence-electron chi connectivity index (χ0n) is 11.6. The highest BCUT2D eigenvalue weighted by Crippen LogP contribution is 2.28. The summed E-state index contributed by atoms with van der Waals surface area (Å²) in [6.07, 6.45) is 0.295. The van der Waals surface area contributed by atoms with E-state index in [0.717, 1.165) is 0 Å². The summed E-state index contributed by atoms with van der Waals surface area (Å²) in [5, 5.41) is 9.37. The van der Waals surface area contributed by atoms with Gasteiger partial charge in [-0.15, -0.1) is 0 Å². The Labute approximate surface area is 124 Å². The van der Waals surface area contributed by atoms with E-state index in [1.165, 1.54) is 22.5 Å². The van der Waals surface area contributed by atoms with E-state index in [4.69, 9.17) is 5.73 Å². The summed E-state index contributed by atoms with van der Waals surface area (Å²) < 4.78 is 49.5. The number of phenols is 1. The van der Waals surface area contributed by atoms with Crippen molar-refractivity contribution in [2.45, 2.75) is 24.3 Å². The number of phenolic OH excluding ortho intramolecular Hbond substituents is 1. The third-order valence-electron chi connectivity index (χ3n) is 3.53. The molecule has 118 valence electrons. The predicted molar refractivity (Wildman–Crippen MR) is 79.1 cm³/mol. The molecule has 1 aliphatic heterocycles. The van der Waals surface area contributed by atoms with E-state index in [2.05, 4.69) is 0 Å². The van der Waals surface area contributed by atoms with Crippen molar-refractivity contribution >= 4 is 25.5 Å². The number of benzene rings is 1. The van der Waals surface area contributed by atoms with Crippen molar-refractivity contribution in [3.8, 4) is 5.75 Å². The number of hydrogen-bond donors (Lipinski definition) is 2. The maximum atomic E-state index is 12.6. The molecule has 1 aliphatic rings. The summed E-state index contributed by atoms with van der Waals surface area (Å²) in [4.78, 5) is -0.0519. The lowest BCUT2D eigenvalue weighted by molar-refractivity contribution is 0.354. The molecule has 0 saturated carbocycles. The molecule has 1 heterocycles. The molecule has 2 rings (SSSR count). The molecule has 0 amide bonds. The molecule has 1 fully saturated rings. The van der Waals surface area contributed by atoms with Gasteiger partial charge in [-0.25, -0.2) is 16.8 Å². The van der Waals surface area contributed by atoms with Gasteiger partial charge in [-0.3, -0.25) is 0 Å². The Morgan fingerprint density at radius 2 is 2.10 bits per heavy atom. The van der Waals surface area contributed by atoms with Crippen LogP contribution in [0, 0.1) is 0 Å². The van der Waals surface area contributed by atoms with Crippen LogP contribution in [0.3, 0.4) is 0 Å². The largest absolute Gasteiger partial charge is 0.506 e. The number of sulfone groups is 1. The smallest absolute Gasteiger partial charge is 0.243 e. The first-order valence-corrected chi connectivity index (χ1v) is 9.74. The minimum atomic E-state index is -3.85.